The van der Waals surface area contributed by atoms with Gasteiger partial charge in [-0.05, 0) is 54.8 Å². The summed E-state index contributed by atoms with van der Waals surface area (Å²) in [6.07, 6.45) is 0. The van der Waals surface area contributed by atoms with E-state index in [1.165, 1.54) is 0 Å². The second kappa shape index (κ2) is 8.35. The van der Waals surface area contributed by atoms with Gasteiger partial charge in [-0.25, -0.2) is 4.52 Å². The molecule has 0 unspecified atom stereocenters. The highest BCUT2D eigenvalue weighted by atomic mass is 35.5. The Morgan fingerprint density at radius 2 is 1.74 bits per heavy atom. The van der Waals surface area contributed by atoms with Crippen LogP contribution in [-0.4, -0.2) is 32.8 Å². The van der Waals surface area contributed by atoms with Gasteiger partial charge in [0.05, 0.1) is 24.1 Å². The topological polar surface area (TPSA) is 81.4 Å². The minimum absolute atomic E-state index is 0.156. The van der Waals surface area contributed by atoms with Crippen LogP contribution in [0.15, 0.2) is 48.5 Å². The quantitative estimate of drug-likeness (QED) is 0.469. The van der Waals surface area contributed by atoms with E-state index in [9.17, 15) is 4.79 Å². The average molecular weight is 436 g/mol. The van der Waals surface area contributed by atoms with Crippen molar-refractivity contribution in [3.05, 3.63) is 70.6 Å². The number of hydrogen-bond acceptors (Lipinski definition) is 5. The lowest BCUT2D eigenvalue weighted by Crippen LogP contribution is -2.18. The summed E-state index contributed by atoms with van der Waals surface area (Å²) in [7, 11) is 1.59. The Kier molecular flexibility index (Phi) is 5.61. The number of carbonyl (C=O) groups is 1. The Balaban J connectivity index is 1.76. The number of nitrogens with one attached hydrogen (secondary N) is 1. The standard InChI is InChI=1S/C23H22ClN5O2/c1-13(2)20-19(15-5-7-16(24)8-6-15)22-27-26-21(14(3)29(22)28-20)23(30)25-17-9-11-18(31-4)12-10-17/h5-13H,1-4H3,(H,25,30). The predicted molar refractivity (Wildman–Crippen MR) is 121 cm³/mol. The van der Waals surface area contributed by atoms with Crippen molar-refractivity contribution in [2.45, 2.75) is 26.7 Å². The lowest BCUT2D eigenvalue weighted by Gasteiger charge is -2.08. The second-order valence-electron chi connectivity index (χ2n) is 7.47. The summed E-state index contributed by atoms with van der Waals surface area (Å²) in [5, 5.41) is 16.9. The third kappa shape index (κ3) is 3.96. The number of amides is 1. The maximum absolute atomic E-state index is 12.9. The maximum atomic E-state index is 12.9. The largest absolute Gasteiger partial charge is 0.497 e. The van der Waals surface area contributed by atoms with E-state index >= 15 is 0 Å². The van der Waals surface area contributed by atoms with Crippen LogP contribution >= 0.6 is 11.6 Å². The molecule has 0 bridgehead atoms. The van der Waals surface area contributed by atoms with Crippen LogP contribution < -0.4 is 10.1 Å². The van der Waals surface area contributed by atoms with Crippen LogP contribution in [0.1, 0.15) is 41.6 Å². The van der Waals surface area contributed by atoms with Gasteiger partial charge in [0.15, 0.2) is 11.3 Å². The summed E-state index contributed by atoms with van der Waals surface area (Å²) in [4.78, 5) is 12.9. The van der Waals surface area contributed by atoms with Gasteiger partial charge in [0.25, 0.3) is 5.91 Å². The van der Waals surface area contributed by atoms with Crippen molar-refractivity contribution >= 4 is 28.8 Å². The highest BCUT2D eigenvalue weighted by molar-refractivity contribution is 6.30. The van der Waals surface area contributed by atoms with Gasteiger partial charge in [0.1, 0.15) is 5.75 Å². The summed E-state index contributed by atoms with van der Waals surface area (Å²) in [5.41, 5.74) is 4.78. The van der Waals surface area contributed by atoms with Crippen LogP contribution in [0.5, 0.6) is 5.75 Å². The molecule has 0 saturated heterocycles. The molecule has 1 amide bonds. The van der Waals surface area contributed by atoms with Crippen LogP contribution in [0.25, 0.3) is 16.8 Å². The molecule has 2 heterocycles. The van der Waals surface area contributed by atoms with Gasteiger partial charge >= 0.3 is 0 Å². The zero-order valence-electron chi connectivity index (χ0n) is 17.7. The zero-order valence-corrected chi connectivity index (χ0v) is 18.4. The highest BCUT2D eigenvalue weighted by Crippen LogP contribution is 2.33. The average Bonchev–Trinajstić information content (AvgIpc) is 3.16. The minimum Gasteiger partial charge on any atom is -0.497 e. The van der Waals surface area contributed by atoms with Crippen molar-refractivity contribution < 1.29 is 9.53 Å². The number of aromatic nitrogens is 4. The summed E-state index contributed by atoms with van der Waals surface area (Å²) >= 11 is 6.06. The van der Waals surface area contributed by atoms with Gasteiger partial charge in [-0.3, -0.25) is 4.79 Å². The first-order chi connectivity index (χ1) is 14.9. The number of carbonyl (C=O) groups excluding carboxylic acids is 1. The number of halogens is 1. The minimum atomic E-state index is -0.355. The van der Waals surface area contributed by atoms with Gasteiger partial charge in [0, 0.05) is 10.7 Å². The number of methoxy groups -OCH3 is 1. The van der Waals surface area contributed by atoms with Gasteiger partial charge in [-0.2, -0.15) is 5.10 Å². The number of ether oxygens (including phenoxy) is 1. The first-order valence-electron chi connectivity index (χ1n) is 9.86. The summed E-state index contributed by atoms with van der Waals surface area (Å²) < 4.78 is 6.84. The Bertz CT molecular complexity index is 1250. The smallest absolute Gasteiger partial charge is 0.278 e. The van der Waals surface area contributed by atoms with Gasteiger partial charge in [-0.15, -0.1) is 10.2 Å². The van der Waals surface area contributed by atoms with E-state index in [0.29, 0.717) is 27.8 Å². The molecule has 8 heteroatoms. The first kappa shape index (κ1) is 20.8. The SMILES string of the molecule is COc1ccc(NC(=O)c2nnc3c(-c4ccc(Cl)cc4)c(C(C)C)nn3c2C)cc1. The molecule has 2 aromatic carbocycles. The third-order valence-corrected chi connectivity index (χ3v) is 5.29. The molecule has 1 N–H and O–H groups in total. The molecule has 4 rings (SSSR count). The number of aryl methyl sites for hydroxylation is 1. The molecular formula is C23H22ClN5O2. The molecule has 0 aliphatic heterocycles. The Morgan fingerprint density at radius 1 is 1.06 bits per heavy atom. The van der Waals surface area contributed by atoms with Crippen molar-refractivity contribution in [2.24, 2.45) is 0 Å². The Hall–Kier alpha value is -3.45. The zero-order chi connectivity index (χ0) is 22.1. The van der Waals surface area contributed by atoms with Gasteiger partial charge in [-0.1, -0.05) is 37.6 Å². The van der Waals surface area contributed by atoms with E-state index < -0.39 is 0 Å². The Labute approximate surface area is 185 Å². The number of nitrogens with zero attached hydrogens (tertiary/aromatic N) is 4. The van der Waals surface area contributed by atoms with Crippen molar-refractivity contribution in [1.82, 2.24) is 19.8 Å². The summed E-state index contributed by atoms with van der Waals surface area (Å²) in [6, 6.07) is 14.6. The first-order valence-corrected chi connectivity index (χ1v) is 10.2. The normalized spacial score (nSPS) is 11.2. The molecule has 0 aliphatic rings. The van der Waals surface area contributed by atoms with Crippen molar-refractivity contribution in [2.75, 3.05) is 12.4 Å². The monoisotopic (exact) mass is 435 g/mol. The van der Waals surface area contributed by atoms with Crippen LogP contribution in [0.2, 0.25) is 5.02 Å². The van der Waals surface area contributed by atoms with E-state index in [4.69, 9.17) is 21.4 Å². The third-order valence-electron chi connectivity index (χ3n) is 5.04. The number of hydrogen-bond donors (Lipinski definition) is 1. The fourth-order valence-electron chi connectivity index (χ4n) is 3.39. The number of fused-ring (bicyclic) bond motifs is 1. The van der Waals surface area contributed by atoms with E-state index in [0.717, 1.165) is 16.8 Å². The molecule has 4 aromatic rings. The molecule has 0 fully saturated rings. The highest BCUT2D eigenvalue weighted by Gasteiger charge is 2.23. The molecule has 7 nitrogen and oxygen atoms in total. The molecule has 0 saturated carbocycles. The summed E-state index contributed by atoms with van der Waals surface area (Å²) in [6.45, 7) is 5.95. The lowest BCUT2D eigenvalue weighted by atomic mass is 10.00. The van der Waals surface area contributed by atoms with E-state index in [1.54, 1.807) is 35.9 Å². The van der Waals surface area contributed by atoms with E-state index in [2.05, 4.69) is 29.4 Å². The maximum Gasteiger partial charge on any atom is 0.278 e. The lowest BCUT2D eigenvalue weighted by molar-refractivity contribution is 0.102. The molecule has 0 spiro atoms. The molecule has 158 valence electrons. The molecule has 0 radical (unpaired) electrons. The molecule has 0 atom stereocenters. The fourth-order valence-corrected chi connectivity index (χ4v) is 3.52. The van der Waals surface area contributed by atoms with Crippen LogP contribution in [-0.2, 0) is 0 Å². The van der Waals surface area contributed by atoms with E-state index in [-0.39, 0.29) is 17.5 Å². The predicted octanol–water partition coefficient (Wildman–Crippen LogP) is 5.14. The van der Waals surface area contributed by atoms with Crippen LogP contribution in [0.4, 0.5) is 5.69 Å². The van der Waals surface area contributed by atoms with Crippen LogP contribution in [0.3, 0.4) is 0 Å². The molecule has 31 heavy (non-hydrogen) atoms. The molecular weight excluding hydrogens is 414 g/mol. The van der Waals surface area contributed by atoms with Crippen molar-refractivity contribution in [3.8, 4) is 16.9 Å². The molecule has 2 aromatic heterocycles. The van der Waals surface area contributed by atoms with Crippen molar-refractivity contribution in [3.63, 3.8) is 0 Å². The second-order valence-corrected chi connectivity index (χ2v) is 7.91. The van der Waals surface area contributed by atoms with Gasteiger partial charge in [0.2, 0.25) is 0 Å². The fraction of sp³-hybridized carbons (Fsp3) is 0.217. The van der Waals surface area contributed by atoms with Gasteiger partial charge < -0.3 is 10.1 Å². The number of anilines is 1. The van der Waals surface area contributed by atoms with E-state index in [1.807, 2.05) is 31.2 Å². The van der Waals surface area contributed by atoms with Crippen LogP contribution in [0, 0.1) is 6.92 Å². The summed E-state index contributed by atoms with van der Waals surface area (Å²) in [5.74, 6) is 0.512. The number of benzene rings is 2. The van der Waals surface area contributed by atoms with Crippen molar-refractivity contribution in [1.29, 1.82) is 0 Å². The molecule has 0 aliphatic carbocycles. The Morgan fingerprint density at radius 3 is 2.35 bits per heavy atom. The number of rotatable bonds is 5.